The van der Waals surface area contributed by atoms with Crippen LogP contribution in [-0.4, -0.2) is 22.9 Å². The SMILES string of the molecule is C[C@@H]1CC[C@@](C)([C@@H](O)CO)C1(C)C. The van der Waals surface area contributed by atoms with Gasteiger partial charge in [-0.3, -0.25) is 0 Å². The fourth-order valence-corrected chi connectivity index (χ4v) is 2.56. The second-order valence-electron chi connectivity index (χ2n) is 5.28. The fraction of sp³-hybridized carbons (Fsp3) is 1.00. The summed E-state index contributed by atoms with van der Waals surface area (Å²) < 4.78 is 0. The third kappa shape index (κ3) is 1.40. The van der Waals surface area contributed by atoms with E-state index < -0.39 is 6.10 Å². The van der Waals surface area contributed by atoms with Crippen LogP contribution >= 0.6 is 0 Å². The summed E-state index contributed by atoms with van der Waals surface area (Å²) in [6.45, 7) is 8.60. The Morgan fingerprint density at radius 2 is 1.92 bits per heavy atom. The molecule has 0 radical (unpaired) electrons. The molecule has 1 aliphatic rings. The lowest BCUT2D eigenvalue weighted by molar-refractivity contribution is -0.0659. The van der Waals surface area contributed by atoms with Crippen molar-refractivity contribution in [2.24, 2.45) is 16.7 Å². The molecule has 0 aromatic rings. The molecule has 0 aromatic carbocycles. The molecule has 0 aliphatic heterocycles. The van der Waals surface area contributed by atoms with Crippen molar-refractivity contribution >= 4 is 0 Å². The zero-order valence-corrected chi connectivity index (χ0v) is 9.17. The highest BCUT2D eigenvalue weighted by Crippen LogP contribution is 2.57. The van der Waals surface area contributed by atoms with Gasteiger partial charge in [-0.15, -0.1) is 0 Å². The van der Waals surface area contributed by atoms with Crippen LogP contribution in [0.4, 0.5) is 0 Å². The summed E-state index contributed by atoms with van der Waals surface area (Å²) in [5, 5.41) is 18.8. The Hall–Kier alpha value is -0.0800. The monoisotopic (exact) mass is 186 g/mol. The molecule has 0 saturated heterocycles. The zero-order valence-electron chi connectivity index (χ0n) is 9.17. The highest BCUT2D eigenvalue weighted by atomic mass is 16.3. The van der Waals surface area contributed by atoms with Gasteiger partial charge in [0, 0.05) is 5.41 Å². The van der Waals surface area contributed by atoms with E-state index in [1.54, 1.807) is 0 Å². The van der Waals surface area contributed by atoms with Crippen LogP contribution in [0.15, 0.2) is 0 Å². The maximum atomic E-state index is 9.82. The normalized spacial score (nSPS) is 40.6. The third-order valence-electron chi connectivity index (χ3n) is 4.71. The van der Waals surface area contributed by atoms with Crippen molar-refractivity contribution in [1.82, 2.24) is 0 Å². The van der Waals surface area contributed by atoms with Gasteiger partial charge in [0.15, 0.2) is 0 Å². The Kier molecular flexibility index (Phi) is 2.75. The topological polar surface area (TPSA) is 40.5 Å². The number of aliphatic hydroxyl groups is 2. The van der Waals surface area contributed by atoms with Crippen molar-refractivity contribution in [2.45, 2.75) is 46.6 Å². The molecule has 13 heavy (non-hydrogen) atoms. The second kappa shape index (κ2) is 3.25. The Morgan fingerprint density at radius 3 is 2.23 bits per heavy atom. The molecule has 0 heterocycles. The number of aliphatic hydroxyl groups excluding tert-OH is 2. The summed E-state index contributed by atoms with van der Waals surface area (Å²) in [6, 6.07) is 0. The molecular weight excluding hydrogens is 164 g/mol. The molecule has 0 spiro atoms. The highest BCUT2D eigenvalue weighted by molar-refractivity contribution is 5.02. The standard InChI is InChI=1S/C11H22O2/c1-8-5-6-11(4,9(13)7-12)10(8,2)3/h8-9,12-13H,5-7H2,1-4H3/t8-,9+,11+/m1/s1. The number of hydrogen-bond donors (Lipinski definition) is 2. The quantitative estimate of drug-likeness (QED) is 0.690. The van der Waals surface area contributed by atoms with E-state index in [2.05, 4.69) is 27.7 Å². The van der Waals surface area contributed by atoms with Gasteiger partial charge in [0.2, 0.25) is 0 Å². The van der Waals surface area contributed by atoms with E-state index in [4.69, 9.17) is 5.11 Å². The molecule has 1 rings (SSSR count). The molecular formula is C11H22O2. The Labute approximate surface area is 81.0 Å². The molecule has 2 heteroatoms. The van der Waals surface area contributed by atoms with Crippen molar-refractivity contribution in [3.63, 3.8) is 0 Å². The van der Waals surface area contributed by atoms with E-state index in [9.17, 15) is 5.11 Å². The van der Waals surface area contributed by atoms with Gasteiger partial charge in [-0.05, 0) is 24.2 Å². The van der Waals surface area contributed by atoms with E-state index in [-0.39, 0.29) is 17.4 Å². The predicted octanol–water partition coefficient (Wildman–Crippen LogP) is 1.80. The first-order chi connectivity index (χ1) is 5.86. The van der Waals surface area contributed by atoms with E-state index >= 15 is 0 Å². The third-order valence-corrected chi connectivity index (χ3v) is 4.71. The molecule has 1 aliphatic carbocycles. The van der Waals surface area contributed by atoms with E-state index in [1.165, 1.54) is 0 Å². The van der Waals surface area contributed by atoms with Gasteiger partial charge in [0.05, 0.1) is 12.7 Å². The molecule has 0 aromatic heterocycles. The molecule has 3 atom stereocenters. The molecule has 0 unspecified atom stereocenters. The van der Waals surface area contributed by atoms with Gasteiger partial charge < -0.3 is 10.2 Å². The Balaban J connectivity index is 2.91. The predicted molar refractivity (Wildman–Crippen MR) is 53.4 cm³/mol. The van der Waals surface area contributed by atoms with Crippen molar-refractivity contribution in [3.8, 4) is 0 Å². The summed E-state index contributed by atoms with van der Waals surface area (Å²) in [6.07, 6.45) is 1.59. The van der Waals surface area contributed by atoms with Crippen molar-refractivity contribution in [2.75, 3.05) is 6.61 Å². The van der Waals surface area contributed by atoms with Crippen LogP contribution < -0.4 is 0 Å². The largest absolute Gasteiger partial charge is 0.394 e. The summed E-state index contributed by atoms with van der Waals surface area (Å²) in [4.78, 5) is 0. The van der Waals surface area contributed by atoms with Crippen molar-refractivity contribution < 1.29 is 10.2 Å². The van der Waals surface area contributed by atoms with Gasteiger partial charge in [-0.2, -0.15) is 0 Å². The number of rotatable bonds is 2. The molecule has 1 saturated carbocycles. The Morgan fingerprint density at radius 1 is 1.38 bits per heavy atom. The van der Waals surface area contributed by atoms with Crippen LogP contribution in [0.5, 0.6) is 0 Å². The van der Waals surface area contributed by atoms with Crippen LogP contribution in [0.25, 0.3) is 0 Å². The van der Waals surface area contributed by atoms with Gasteiger partial charge in [-0.25, -0.2) is 0 Å². The molecule has 2 N–H and O–H groups in total. The van der Waals surface area contributed by atoms with Gasteiger partial charge >= 0.3 is 0 Å². The number of hydrogen-bond acceptors (Lipinski definition) is 2. The van der Waals surface area contributed by atoms with Crippen LogP contribution in [-0.2, 0) is 0 Å². The first-order valence-corrected chi connectivity index (χ1v) is 5.15. The van der Waals surface area contributed by atoms with E-state index in [0.717, 1.165) is 12.8 Å². The fourth-order valence-electron chi connectivity index (χ4n) is 2.56. The van der Waals surface area contributed by atoms with E-state index in [0.29, 0.717) is 5.92 Å². The van der Waals surface area contributed by atoms with Crippen LogP contribution in [0.3, 0.4) is 0 Å². The average molecular weight is 186 g/mol. The second-order valence-corrected chi connectivity index (χ2v) is 5.28. The van der Waals surface area contributed by atoms with Crippen LogP contribution in [0.1, 0.15) is 40.5 Å². The van der Waals surface area contributed by atoms with Crippen LogP contribution in [0.2, 0.25) is 0 Å². The first-order valence-electron chi connectivity index (χ1n) is 5.15. The summed E-state index contributed by atoms with van der Waals surface area (Å²) >= 11 is 0. The molecule has 0 bridgehead atoms. The Bertz CT molecular complexity index is 189. The lowest BCUT2D eigenvalue weighted by Crippen LogP contribution is -2.44. The smallest absolute Gasteiger partial charge is 0.0829 e. The minimum Gasteiger partial charge on any atom is -0.394 e. The minimum absolute atomic E-state index is 0.118. The summed E-state index contributed by atoms with van der Waals surface area (Å²) in [5.74, 6) is 0.624. The molecule has 1 fully saturated rings. The van der Waals surface area contributed by atoms with Gasteiger partial charge in [0.1, 0.15) is 0 Å². The molecule has 0 amide bonds. The lowest BCUT2D eigenvalue weighted by Gasteiger charge is -2.43. The van der Waals surface area contributed by atoms with E-state index in [1.807, 2.05) is 0 Å². The van der Waals surface area contributed by atoms with Crippen LogP contribution in [0, 0.1) is 16.7 Å². The van der Waals surface area contributed by atoms with Gasteiger partial charge in [-0.1, -0.05) is 27.7 Å². The maximum absolute atomic E-state index is 9.82. The maximum Gasteiger partial charge on any atom is 0.0829 e. The summed E-state index contributed by atoms with van der Waals surface area (Å²) in [7, 11) is 0. The average Bonchev–Trinajstić information content (AvgIpc) is 2.29. The first kappa shape index (κ1) is 11.0. The summed E-state index contributed by atoms with van der Waals surface area (Å²) in [5.41, 5.74) is -0.00366. The lowest BCUT2D eigenvalue weighted by atomic mass is 9.63. The van der Waals surface area contributed by atoms with Crippen molar-refractivity contribution in [1.29, 1.82) is 0 Å². The molecule has 2 nitrogen and oxygen atoms in total. The molecule has 78 valence electrons. The van der Waals surface area contributed by atoms with Gasteiger partial charge in [0.25, 0.3) is 0 Å². The zero-order chi connectivity index (χ0) is 10.3. The minimum atomic E-state index is -0.576. The highest BCUT2D eigenvalue weighted by Gasteiger charge is 2.53. The van der Waals surface area contributed by atoms with Crippen molar-refractivity contribution in [3.05, 3.63) is 0 Å².